The lowest BCUT2D eigenvalue weighted by Gasteiger charge is -2.28. The molecule has 0 rings (SSSR count). The van der Waals surface area contributed by atoms with Gasteiger partial charge in [0, 0.05) is 12.0 Å². The van der Waals surface area contributed by atoms with Gasteiger partial charge >= 0.3 is 5.97 Å². The first-order valence-electron chi connectivity index (χ1n) is 5.21. The van der Waals surface area contributed by atoms with Gasteiger partial charge < -0.3 is 9.59 Å². The van der Waals surface area contributed by atoms with E-state index >= 15 is 0 Å². The van der Waals surface area contributed by atoms with Crippen molar-refractivity contribution in [1.82, 2.24) is 0 Å². The number of nitrogens with zero attached hydrogens (tertiary/aromatic N) is 1. The van der Waals surface area contributed by atoms with E-state index in [4.69, 9.17) is 9.66 Å². The summed E-state index contributed by atoms with van der Waals surface area (Å²) in [5, 5.41) is 8.64. The van der Waals surface area contributed by atoms with E-state index in [9.17, 15) is 13.2 Å². The van der Waals surface area contributed by atoms with Crippen LogP contribution in [0.5, 0.6) is 0 Å². The van der Waals surface area contributed by atoms with E-state index in [0.29, 0.717) is 24.0 Å². The largest absolute Gasteiger partial charge is 0.478 e. The predicted octanol–water partition coefficient (Wildman–Crippen LogP) is 0.372. The second-order valence-corrected chi connectivity index (χ2v) is 6.22. The fourth-order valence-electron chi connectivity index (χ4n) is 1.19. The smallest absolute Gasteiger partial charge is 0.330 e. The van der Waals surface area contributed by atoms with Crippen molar-refractivity contribution in [3.05, 3.63) is 11.6 Å². The van der Waals surface area contributed by atoms with E-state index in [1.54, 1.807) is 6.08 Å². The van der Waals surface area contributed by atoms with Gasteiger partial charge in [0.15, 0.2) is 0 Å². The van der Waals surface area contributed by atoms with E-state index in [0.717, 1.165) is 0 Å². The summed E-state index contributed by atoms with van der Waals surface area (Å²) in [6.45, 7) is 2.42. The Kier molecular flexibility index (Phi) is 5.80. The van der Waals surface area contributed by atoms with Crippen LogP contribution >= 0.6 is 0 Å². The Bertz CT molecular complexity index is 397. The zero-order valence-electron chi connectivity index (χ0n) is 10.4. The molecule has 0 saturated heterocycles. The highest BCUT2D eigenvalue weighted by molar-refractivity contribution is 7.85. The number of hydrogen-bond acceptors (Lipinski definition) is 3. The van der Waals surface area contributed by atoms with Crippen molar-refractivity contribution in [2.24, 2.45) is 0 Å². The first-order valence-corrected chi connectivity index (χ1v) is 6.82. The SMILES string of the molecule is CC(=CCC[N+](C)(C)CCS(=O)(=O)O)C(=O)O. The van der Waals surface area contributed by atoms with Crippen LogP contribution in [-0.2, 0) is 14.9 Å². The topological polar surface area (TPSA) is 91.7 Å². The number of carboxylic acids is 1. The van der Waals surface area contributed by atoms with Crippen LogP contribution in [0.25, 0.3) is 0 Å². The third kappa shape index (κ3) is 8.84. The van der Waals surface area contributed by atoms with Gasteiger partial charge in [-0.3, -0.25) is 4.55 Å². The molecule has 0 aromatic heterocycles. The normalized spacial score (nSPS) is 13.8. The molecule has 0 aliphatic rings. The Morgan fingerprint density at radius 2 is 1.82 bits per heavy atom. The number of rotatable bonds is 7. The molecule has 0 aromatic rings. The van der Waals surface area contributed by atoms with Crippen LogP contribution in [0, 0.1) is 0 Å². The summed E-state index contributed by atoms with van der Waals surface area (Å²) in [5.74, 6) is -1.24. The Morgan fingerprint density at radius 1 is 1.29 bits per heavy atom. The van der Waals surface area contributed by atoms with Crippen LogP contribution in [0.15, 0.2) is 11.6 Å². The number of carbonyl (C=O) groups is 1. The molecule has 0 aliphatic carbocycles. The summed E-state index contributed by atoms with van der Waals surface area (Å²) < 4.78 is 30.3. The lowest BCUT2D eigenvalue weighted by atomic mass is 10.2. The Morgan fingerprint density at radius 3 is 2.24 bits per heavy atom. The molecule has 2 N–H and O–H groups in total. The highest BCUT2D eigenvalue weighted by atomic mass is 32.2. The first-order chi connectivity index (χ1) is 7.53. The van der Waals surface area contributed by atoms with Gasteiger partial charge in [-0.25, -0.2) is 4.79 Å². The molecule has 0 atom stereocenters. The molecular formula is C10H20NO5S+. The Hall–Kier alpha value is -0.920. The van der Waals surface area contributed by atoms with Crippen molar-refractivity contribution in [2.45, 2.75) is 13.3 Å². The maximum absolute atomic E-state index is 10.6. The van der Waals surface area contributed by atoms with Gasteiger partial charge in [-0.05, 0) is 6.92 Å². The second kappa shape index (κ2) is 6.13. The summed E-state index contributed by atoms with van der Waals surface area (Å²) in [4.78, 5) is 10.5. The molecule has 0 fully saturated rings. The molecule has 100 valence electrons. The third-order valence-electron chi connectivity index (χ3n) is 2.48. The molecule has 0 aliphatic heterocycles. The fraction of sp³-hybridized carbons (Fsp3) is 0.700. The number of hydrogen-bond donors (Lipinski definition) is 2. The Labute approximate surface area is 102 Å². The van der Waals surface area contributed by atoms with Crippen LogP contribution in [0.3, 0.4) is 0 Å². The number of carboxylic acid groups (broad SMARTS) is 1. The van der Waals surface area contributed by atoms with Gasteiger partial charge in [-0.2, -0.15) is 8.42 Å². The molecule has 7 heteroatoms. The summed E-state index contributed by atoms with van der Waals surface area (Å²) in [7, 11) is -0.280. The van der Waals surface area contributed by atoms with Crippen molar-refractivity contribution in [3.8, 4) is 0 Å². The third-order valence-corrected chi connectivity index (χ3v) is 3.18. The summed E-state index contributed by atoms with van der Waals surface area (Å²) in [5.41, 5.74) is 0.278. The van der Waals surface area contributed by atoms with Crippen molar-refractivity contribution in [3.63, 3.8) is 0 Å². The van der Waals surface area contributed by atoms with Gasteiger partial charge in [0.25, 0.3) is 10.1 Å². The molecule has 0 bridgehead atoms. The van der Waals surface area contributed by atoms with Gasteiger partial charge in [0.1, 0.15) is 5.75 Å². The lowest BCUT2D eigenvalue weighted by molar-refractivity contribution is -0.887. The number of aliphatic carboxylic acids is 1. The average Bonchev–Trinajstić information content (AvgIpc) is 2.13. The van der Waals surface area contributed by atoms with Gasteiger partial charge in [-0.1, -0.05) is 6.08 Å². The molecule has 0 aromatic carbocycles. The molecule has 17 heavy (non-hydrogen) atoms. The van der Waals surface area contributed by atoms with Crippen molar-refractivity contribution in [1.29, 1.82) is 0 Å². The monoisotopic (exact) mass is 266 g/mol. The van der Waals surface area contributed by atoms with Gasteiger partial charge in [0.2, 0.25) is 0 Å². The van der Waals surface area contributed by atoms with Crippen LogP contribution < -0.4 is 0 Å². The minimum absolute atomic E-state index is 0.278. The summed E-state index contributed by atoms with van der Waals surface area (Å²) in [6.07, 6.45) is 2.16. The van der Waals surface area contributed by atoms with Crippen LogP contribution in [0.1, 0.15) is 13.3 Å². The molecule has 0 spiro atoms. The molecule has 0 amide bonds. The van der Waals surface area contributed by atoms with Crippen molar-refractivity contribution < 1.29 is 27.4 Å². The van der Waals surface area contributed by atoms with Crippen LogP contribution in [0.2, 0.25) is 0 Å². The van der Waals surface area contributed by atoms with E-state index in [2.05, 4.69) is 0 Å². The Balaban J connectivity index is 4.19. The predicted molar refractivity (Wildman–Crippen MR) is 64.3 cm³/mol. The summed E-state index contributed by atoms with van der Waals surface area (Å²) in [6, 6.07) is 0. The molecule has 0 unspecified atom stereocenters. The second-order valence-electron chi connectivity index (χ2n) is 4.65. The zero-order chi connectivity index (χ0) is 13.7. The maximum Gasteiger partial charge on any atom is 0.330 e. The van der Waals surface area contributed by atoms with E-state index < -0.39 is 16.1 Å². The standard InChI is InChI=1S/C10H19NO5S/c1-9(10(12)13)5-4-6-11(2,3)7-8-17(14,15)16/h5H,4,6-8H2,1-3H3,(H-,12,13,14,15,16)/p+1. The van der Waals surface area contributed by atoms with Gasteiger partial charge in [-0.15, -0.1) is 0 Å². The molecule has 0 saturated carbocycles. The summed E-state index contributed by atoms with van der Waals surface area (Å²) >= 11 is 0. The fourth-order valence-corrected chi connectivity index (χ4v) is 1.92. The van der Waals surface area contributed by atoms with Crippen molar-refractivity contribution >= 4 is 16.1 Å². The highest BCUT2D eigenvalue weighted by Gasteiger charge is 2.18. The van der Waals surface area contributed by atoms with Crippen molar-refractivity contribution in [2.75, 3.05) is 32.9 Å². The minimum Gasteiger partial charge on any atom is -0.478 e. The van der Waals surface area contributed by atoms with E-state index in [-0.39, 0.29) is 11.3 Å². The quantitative estimate of drug-likeness (QED) is 0.394. The minimum atomic E-state index is -3.94. The lowest BCUT2D eigenvalue weighted by Crippen LogP contribution is -2.43. The molecule has 6 nitrogen and oxygen atoms in total. The van der Waals surface area contributed by atoms with E-state index in [1.165, 1.54) is 6.92 Å². The highest BCUT2D eigenvalue weighted by Crippen LogP contribution is 2.03. The molecular weight excluding hydrogens is 246 g/mol. The van der Waals surface area contributed by atoms with Gasteiger partial charge in [0.05, 0.1) is 27.2 Å². The van der Waals surface area contributed by atoms with Crippen LogP contribution in [-0.4, -0.2) is 61.5 Å². The maximum atomic E-state index is 10.6. The number of quaternary nitrogens is 1. The van der Waals surface area contributed by atoms with E-state index in [1.807, 2.05) is 14.1 Å². The average molecular weight is 266 g/mol. The molecule has 0 radical (unpaired) electrons. The van der Waals surface area contributed by atoms with Crippen LogP contribution in [0.4, 0.5) is 0 Å². The zero-order valence-corrected chi connectivity index (χ0v) is 11.2. The first kappa shape index (κ1) is 16.1. The molecule has 0 heterocycles.